The quantitative estimate of drug-likeness (QED) is 0.429. The Balaban J connectivity index is 2.34. The Morgan fingerprint density at radius 3 is 2.65 bits per heavy atom. The van der Waals surface area contributed by atoms with Crippen molar-refractivity contribution >= 4 is 27.4 Å². The number of pyridine rings is 1. The van der Waals surface area contributed by atoms with E-state index in [1.54, 1.807) is 0 Å². The summed E-state index contributed by atoms with van der Waals surface area (Å²) in [7, 11) is 0. The first-order valence-electron chi connectivity index (χ1n) is 6.97. The highest BCUT2D eigenvalue weighted by Gasteiger charge is 2.09. The molecule has 3 rings (SSSR count). The molecule has 0 fully saturated rings. The summed E-state index contributed by atoms with van der Waals surface area (Å²) in [6, 6.07) is 14.6. The molecule has 3 heteroatoms. The average Bonchev–Trinajstić information content (AvgIpc) is 2.45. The van der Waals surface area contributed by atoms with Crippen LogP contribution in [0.3, 0.4) is 0 Å². The average molecular weight is 265 g/mol. The SMILES string of the molecule is CC(C)Cc1cc(NN)c2ccc3ccccc3c2n1. The highest BCUT2D eigenvalue weighted by molar-refractivity contribution is 6.09. The Kier molecular flexibility index (Phi) is 3.28. The highest BCUT2D eigenvalue weighted by Crippen LogP contribution is 2.29. The standard InChI is InChI=1S/C17H19N3/c1-11(2)9-13-10-16(20-18)15-8-7-12-5-3-4-6-14(12)17(15)19-13/h3-8,10-11H,9,18H2,1-2H3,(H,19,20). The molecule has 0 aliphatic rings. The highest BCUT2D eigenvalue weighted by atomic mass is 15.2. The molecule has 0 saturated heterocycles. The van der Waals surface area contributed by atoms with Crippen LogP contribution in [0.15, 0.2) is 42.5 Å². The smallest absolute Gasteiger partial charge is 0.0804 e. The third-order valence-corrected chi connectivity index (χ3v) is 3.53. The van der Waals surface area contributed by atoms with Crippen LogP contribution < -0.4 is 11.3 Å². The van der Waals surface area contributed by atoms with E-state index in [9.17, 15) is 0 Å². The van der Waals surface area contributed by atoms with Gasteiger partial charge in [0.15, 0.2) is 0 Å². The van der Waals surface area contributed by atoms with E-state index in [-0.39, 0.29) is 0 Å². The predicted molar refractivity (Wildman–Crippen MR) is 85.6 cm³/mol. The molecule has 0 amide bonds. The van der Waals surface area contributed by atoms with Gasteiger partial charge >= 0.3 is 0 Å². The van der Waals surface area contributed by atoms with Gasteiger partial charge in [-0.15, -0.1) is 0 Å². The molecule has 0 aliphatic carbocycles. The van der Waals surface area contributed by atoms with E-state index in [2.05, 4.69) is 49.6 Å². The van der Waals surface area contributed by atoms with Crippen molar-refractivity contribution in [2.24, 2.45) is 11.8 Å². The number of aromatic nitrogens is 1. The van der Waals surface area contributed by atoms with E-state index < -0.39 is 0 Å². The third kappa shape index (κ3) is 2.21. The van der Waals surface area contributed by atoms with Crippen molar-refractivity contribution in [1.82, 2.24) is 4.98 Å². The largest absolute Gasteiger partial charge is 0.323 e. The van der Waals surface area contributed by atoms with Gasteiger partial charge in [0.1, 0.15) is 0 Å². The second-order valence-electron chi connectivity index (χ2n) is 5.59. The lowest BCUT2D eigenvalue weighted by molar-refractivity contribution is 0.637. The van der Waals surface area contributed by atoms with Crippen LogP contribution >= 0.6 is 0 Å². The van der Waals surface area contributed by atoms with E-state index in [0.717, 1.165) is 28.7 Å². The number of fused-ring (bicyclic) bond motifs is 3. The van der Waals surface area contributed by atoms with Gasteiger partial charge in [-0.05, 0) is 23.8 Å². The molecule has 0 bridgehead atoms. The van der Waals surface area contributed by atoms with Crippen molar-refractivity contribution in [3.05, 3.63) is 48.2 Å². The summed E-state index contributed by atoms with van der Waals surface area (Å²) < 4.78 is 0. The summed E-state index contributed by atoms with van der Waals surface area (Å²) in [4.78, 5) is 4.86. The molecule has 0 radical (unpaired) electrons. The Bertz CT molecular complexity index is 763. The Labute approximate surface area is 118 Å². The minimum atomic E-state index is 0.570. The number of nitrogens with zero attached hydrogens (tertiary/aromatic N) is 1. The van der Waals surface area contributed by atoms with E-state index in [1.165, 1.54) is 10.8 Å². The first-order chi connectivity index (χ1) is 9.69. The molecule has 2 aromatic carbocycles. The summed E-state index contributed by atoms with van der Waals surface area (Å²) >= 11 is 0. The van der Waals surface area contributed by atoms with Crippen LogP contribution in [-0.2, 0) is 6.42 Å². The van der Waals surface area contributed by atoms with E-state index in [0.29, 0.717) is 5.92 Å². The predicted octanol–water partition coefficient (Wildman–Crippen LogP) is 3.87. The third-order valence-electron chi connectivity index (χ3n) is 3.53. The van der Waals surface area contributed by atoms with Crippen LogP contribution in [0.4, 0.5) is 5.69 Å². The van der Waals surface area contributed by atoms with Crippen molar-refractivity contribution < 1.29 is 0 Å². The van der Waals surface area contributed by atoms with E-state index >= 15 is 0 Å². The molecule has 20 heavy (non-hydrogen) atoms. The summed E-state index contributed by atoms with van der Waals surface area (Å²) in [6.07, 6.45) is 0.952. The molecule has 1 heterocycles. The topological polar surface area (TPSA) is 50.9 Å². The van der Waals surface area contributed by atoms with Crippen LogP contribution in [0.25, 0.3) is 21.7 Å². The van der Waals surface area contributed by atoms with Gasteiger partial charge in [-0.1, -0.05) is 50.2 Å². The first-order valence-corrected chi connectivity index (χ1v) is 6.97. The molecule has 0 atom stereocenters. The molecular formula is C17H19N3. The van der Waals surface area contributed by atoms with Gasteiger partial charge in [0.2, 0.25) is 0 Å². The number of benzene rings is 2. The summed E-state index contributed by atoms with van der Waals surface area (Å²) in [5.74, 6) is 6.25. The van der Waals surface area contributed by atoms with Crippen LogP contribution in [0.1, 0.15) is 19.5 Å². The Morgan fingerprint density at radius 2 is 1.90 bits per heavy atom. The molecule has 3 aromatic rings. The zero-order chi connectivity index (χ0) is 14.1. The lowest BCUT2D eigenvalue weighted by atomic mass is 10.0. The van der Waals surface area contributed by atoms with E-state index in [1.807, 2.05) is 12.1 Å². The number of rotatable bonds is 3. The lowest BCUT2D eigenvalue weighted by Crippen LogP contribution is -2.09. The number of hydrogen-bond acceptors (Lipinski definition) is 3. The molecule has 0 spiro atoms. The molecule has 3 nitrogen and oxygen atoms in total. The van der Waals surface area contributed by atoms with Crippen molar-refractivity contribution in [1.29, 1.82) is 0 Å². The van der Waals surface area contributed by atoms with Gasteiger partial charge in [0.25, 0.3) is 0 Å². The zero-order valence-corrected chi connectivity index (χ0v) is 11.9. The van der Waals surface area contributed by atoms with Crippen LogP contribution in [0, 0.1) is 5.92 Å². The van der Waals surface area contributed by atoms with Gasteiger partial charge in [-0.2, -0.15) is 0 Å². The monoisotopic (exact) mass is 265 g/mol. The first kappa shape index (κ1) is 12.9. The fraction of sp³-hybridized carbons (Fsp3) is 0.235. The number of hydrogen-bond donors (Lipinski definition) is 2. The summed E-state index contributed by atoms with van der Waals surface area (Å²) in [5, 5.41) is 3.45. The van der Waals surface area contributed by atoms with Gasteiger partial charge < -0.3 is 5.43 Å². The van der Waals surface area contributed by atoms with Crippen molar-refractivity contribution in [3.8, 4) is 0 Å². The van der Waals surface area contributed by atoms with Gasteiger partial charge in [-0.25, -0.2) is 0 Å². The van der Waals surface area contributed by atoms with Gasteiger partial charge in [0.05, 0.1) is 11.2 Å². The van der Waals surface area contributed by atoms with Crippen molar-refractivity contribution in [3.63, 3.8) is 0 Å². The fourth-order valence-corrected chi connectivity index (χ4v) is 2.66. The second kappa shape index (κ2) is 5.10. The number of nitrogens with two attached hydrogens (primary N) is 1. The fourth-order valence-electron chi connectivity index (χ4n) is 2.66. The Morgan fingerprint density at radius 1 is 1.10 bits per heavy atom. The molecule has 1 aromatic heterocycles. The van der Waals surface area contributed by atoms with Crippen molar-refractivity contribution in [2.45, 2.75) is 20.3 Å². The van der Waals surface area contributed by atoms with Crippen LogP contribution in [-0.4, -0.2) is 4.98 Å². The maximum Gasteiger partial charge on any atom is 0.0804 e. The Hall–Kier alpha value is -2.13. The number of anilines is 1. The van der Waals surface area contributed by atoms with Crippen LogP contribution in [0.5, 0.6) is 0 Å². The number of nitrogens with one attached hydrogen (secondary N) is 1. The molecule has 0 unspecified atom stereocenters. The number of hydrazine groups is 1. The van der Waals surface area contributed by atoms with E-state index in [4.69, 9.17) is 10.8 Å². The zero-order valence-electron chi connectivity index (χ0n) is 11.9. The maximum absolute atomic E-state index is 5.68. The number of nitrogen functional groups attached to an aromatic ring is 1. The lowest BCUT2D eigenvalue weighted by Gasteiger charge is -2.12. The normalized spacial score (nSPS) is 11.4. The molecular weight excluding hydrogens is 246 g/mol. The molecule has 0 aliphatic heterocycles. The van der Waals surface area contributed by atoms with Gasteiger partial charge in [-0.3, -0.25) is 10.8 Å². The molecule has 102 valence electrons. The van der Waals surface area contributed by atoms with Gasteiger partial charge in [0, 0.05) is 16.5 Å². The minimum absolute atomic E-state index is 0.570. The van der Waals surface area contributed by atoms with Crippen molar-refractivity contribution in [2.75, 3.05) is 5.43 Å². The maximum atomic E-state index is 5.68. The van der Waals surface area contributed by atoms with Crippen LogP contribution in [0.2, 0.25) is 0 Å². The summed E-state index contributed by atoms with van der Waals surface area (Å²) in [5.41, 5.74) is 5.85. The second-order valence-corrected chi connectivity index (χ2v) is 5.59. The summed E-state index contributed by atoms with van der Waals surface area (Å²) in [6.45, 7) is 4.40. The molecule has 0 saturated carbocycles. The minimum Gasteiger partial charge on any atom is -0.323 e. The molecule has 3 N–H and O–H groups in total.